The van der Waals surface area contributed by atoms with Crippen molar-refractivity contribution < 1.29 is 0 Å². The molecule has 118 valence electrons. The Balaban J connectivity index is 1.97. The molecule has 3 aromatic carbocycles. The minimum atomic E-state index is 0.968. The average Bonchev–Trinajstić information content (AvgIpc) is 2.68. The van der Waals surface area contributed by atoms with Gasteiger partial charge in [0.2, 0.25) is 0 Å². The predicted octanol–water partition coefficient (Wildman–Crippen LogP) is 6.37. The fourth-order valence-corrected chi connectivity index (χ4v) is 4.08. The average molecular weight is 385 g/mol. The van der Waals surface area contributed by atoms with Crippen LogP contribution >= 0.6 is 15.9 Å². The van der Waals surface area contributed by atoms with Crippen molar-refractivity contribution in [3.05, 3.63) is 83.6 Å². The molecule has 0 saturated heterocycles. The highest BCUT2D eigenvalue weighted by Crippen LogP contribution is 2.40. The second kappa shape index (κ2) is 5.64. The highest BCUT2D eigenvalue weighted by Gasteiger charge is 2.15. The van der Waals surface area contributed by atoms with Gasteiger partial charge in [0.15, 0.2) is 0 Å². The van der Waals surface area contributed by atoms with Crippen molar-refractivity contribution >= 4 is 48.5 Å². The number of benzene rings is 3. The van der Waals surface area contributed by atoms with Crippen molar-refractivity contribution in [2.45, 2.75) is 0 Å². The lowest BCUT2D eigenvalue weighted by atomic mass is 9.96. The Morgan fingerprint density at radius 3 is 1.96 bits per heavy atom. The van der Waals surface area contributed by atoms with Gasteiger partial charge in [-0.2, -0.15) is 0 Å². The molecular formula is C22H13BrN2. The van der Waals surface area contributed by atoms with E-state index in [9.17, 15) is 0 Å². The highest BCUT2D eigenvalue weighted by molar-refractivity contribution is 9.10. The molecule has 0 fully saturated rings. The van der Waals surface area contributed by atoms with Crippen LogP contribution in [0.2, 0.25) is 0 Å². The van der Waals surface area contributed by atoms with E-state index in [1.165, 1.54) is 10.8 Å². The van der Waals surface area contributed by atoms with Gasteiger partial charge in [0.1, 0.15) is 0 Å². The van der Waals surface area contributed by atoms with Crippen LogP contribution < -0.4 is 0 Å². The summed E-state index contributed by atoms with van der Waals surface area (Å²) in [6, 6.07) is 23.1. The number of fused-ring (bicyclic) bond motifs is 3. The van der Waals surface area contributed by atoms with Crippen molar-refractivity contribution in [1.29, 1.82) is 0 Å². The summed E-state index contributed by atoms with van der Waals surface area (Å²) >= 11 is 3.75. The SMILES string of the molecule is Brc1c2cccnc2c(-c2ccc3ccccc3c2)c2ncccc12. The molecule has 0 N–H and O–H groups in total. The number of hydrogen-bond acceptors (Lipinski definition) is 2. The van der Waals surface area contributed by atoms with Crippen LogP contribution in [0.15, 0.2) is 83.6 Å². The summed E-state index contributed by atoms with van der Waals surface area (Å²) in [5.41, 5.74) is 4.16. The first kappa shape index (κ1) is 14.6. The van der Waals surface area contributed by atoms with Crippen molar-refractivity contribution in [3.63, 3.8) is 0 Å². The Labute approximate surface area is 153 Å². The van der Waals surface area contributed by atoms with Gasteiger partial charge in [0, 0.05) is 33.2 Å². The second-order valence-electron chi connectivity index (χ2n) is 6.05. The van der Waals surface area contributed by atoms with Crippen LogP contribution in [0.25, 0.3) is 43.7 Å². The first-order valence-corrected chi connectivity index (χ1v) is 8.92. The van der Waals surface area contributed by atoms with Crippen LogP contribution in [0.3, 0.4) is 0 Å². The number of halogens is 1. The van der Waals surface area contributed by atoms with Crippen molar-refractivity contribution in [3.8, 4) is 11.1 Å². The highest BCUT2D eigenvalue weighted by atomic mass is 79.9. The summed E-state index contributed by atoms with van der Waals surface area (Å²) in [6.45, 7) is 0. The van der Waals surface area contributed by atoms with Crippen LogP contribution in [0.5, 0.6) is 0 Å². The van der Waals surface area contributed by atoms with Gasteiger partial charge >= 0.3 is 0 Å². The van der Waals surface area contributed by atoms with E-state index >= 15 is 0 Å². The van der Waals surface area contributed by atoms with E-state index in [1.54, 1.807) is 0 Å². The van der Waals surface area contributed by atoms with E-state index in [0.29, 0.717) is 0 Å². The predicted molar refractivity (Wildman–Crippen MR) is 108 cm³/mol. The first-order valence-electron chi connectivity index (χ1n) is 8.13. The van der Waals surface area contributed by atoms with E-state index in [4.69, 9.17) is 0 Å². The molecule has 2 nitrogen and oxygen atoms in total. The molecule has 0 bridgehead atoms. The summed E-state index contributed by atoms with van der Waals surface area (Å²) in [5.74, 6) is 0. The maximum Gasteiger partial charge on any atom is 0.0813 e. The van der Waals surface area contributed by atoms with Gasteiger partial charge in [-0.05, 0) is 50.5 Å². The van der Waals surface area contributed by atoms with Crippen LogP contribution in [-0.2, 0) is 0 Å². The smallest absolute Gasteiger partial charge is 0.0813 e. The number of rotatable bonds is 1. The lowest BCUT2D eigenvalue weighted by Crippen LogP contribution is -1.91. The molecule has 0 aliphatic carbocycles. The fraction of sp³-hybridized carbons (Fsp3) is 0. The van der Waals surface area contributed by atoms with Crippen LogP contribution in [0.4, 0.5) is 0 Å². The summed E-state index contributed by atoms with van der Waals surface area (Å²) in [6.07, 6.45) is 3.68. The molecule has 0 saturated carbocycles. The summed E-state index contributed by atoms with van der Waals surface area (Å²) < 4.78 is 1.04. The maximum atomic E-state index is 4.68. The van der Waals surface area contributed by atoms with Crippen LogP contribution in [0, 0.1) is 0 Å². The zero-order chi connectivity index (χ0) is 16.8. The van der Waals surface area contributed by atoms with Crippen LogP contribution in [0.1, 0.15) is 0 Å². The third-order valence-electron chi connectivity index (χ3n) is 4.60. The van der Waals surface area contributed by atoms with Crippen LogP contribution in [-0.4, -0.2) is 9.97 Å². The third kappa shape index (κ3) is 2.24. The summed E-state index contributed by atoms with van der Waals surface area (Å²) in [5, 5.41) is 4.66. The van der Waals surface area contributed by atoms with Gasteiger partial charge in [0.25, 0.3) is 0 Å². The quantitative estimate of drug-likeness (QED) is 0.314. The Morgan fingerprint density at radius 2 is 1.28 bits per heavy atom. The molecular weight excluding hydrogens is 372 g/mol. The zero-order valence-corrected chi connectivity index (χ0v) is 14.9. The fourth-order valence-electron chi connectivity index (χ4n) is 3.44. The minimum Gasteiger partial charge on any atom is -0.255 e. The van der Waals surface area contributed by atoms with E-state index in [2.05, 4.69) is 80.5 Å². The second-order valence-corrected chi connectivity index (χ2v) is 6.84. The minimum absolute atomic E-state index is 0.968. The summed E-state index contributed by atoms with van der Waals surface area (Å²) in [4.78, 5) is 9.36. The Kier molecular flexibility index (Phi) is 3.28. The van der Waals surface area contributed by atoms with Crippen molar-refractivity contribution in [2.75, 3.05) is 0 Å². The van der Waals surface area contributed by atoms with Crippen molar-refractivity contribution in [2.24, 2.45) is 0 Å². The largest absolute Gasteiger partial charge is 0.255 e. The lowest BCUT2D eigenvalue weighted by Gasteiger charge is -2.13. The molecule has 5 aromatic rings. The molecule has 0 aliphatic heterocycles. The van der Waals surface area contributed by atoms with Gasteiger partial charge in [-0.3, -0.25) is 9.97 Å². The Morgan fingerprint density at radius 1 is 0.640 bits per heavy atom. The van der Waals surface area contributed by atoms with E-state index in [-0.39, 0.29) is 0 Å². The molecule has 5 rings (SSSR count). The molecule has 0 aliphatic rings. The standard InChI is InChI=1S/C22H13BrN2/c23-20-17-7-3-11-24-21(17)19(22-18(20)8-4-12-25-22)16-10-9-14-5-1-2-6-15(14)13-16/h1-13H. The van der Waals surface area contributed by atoms with Gasteiger partial charge in [-0.25, -0.2) is 0 Å². The van der Waals surface area contributed by atoms with Gasteiger partial charge in [-0.1, -0.05) is 48.5 Å². The van der Waals surface area contributed by atoms with E-state index in [0.717, 1.165) is 37.4 Å². The Hall–Kier alpha value is -2.78. The molecule has 2 aromatic heterocycles. The molecule has 2 heterocycles. The van der Waals surface area contributed by atoms with Gasteiger partial charge in [-0.15, -0.1) is 0 Å². The van der Waals surface area contributed by atoms with E-state index < -0.39 is 0 Å². The molecule has 0 unspecified atom stereocenters. The number of hydrogen-bond donors (Lipinski definition) is 0. The van der Waals surface area contributed by atoms with Gasteiger partial charge < -0.3 is 0 Å². The molecule has 3 heteroatoms. The monoisotopic (exact) mass is 384 g/mol. The maximum absolute atomic E-state index is 4.68. The number of aromatic nitrogens is 2. The van der Waals surface area contributed by atoms with Gasteiger partial charge in [0.05, 0.1) is 11.0 Å². The number of pyridine rings is 2. The Bertz CT molecular complexity index is 1200. The summed E-state index contributed by atoms with van der Waals surface area (Å²) in [7, 11) is 0. The topological polar surface area (TPSA) is 25.8 Å². The van der Waals surface area contributed by atoms with E-state index in [1.807, 2.05) is 24.5 Å². The lowest BCUT2D eigenvalue weighted by molar-refractivity contribution is 1.38. The molecule has 0 atom stereocenters. The number of nitrogens with zero attached hydrogens (tertiary/aromatic N) is 2. The zero-order valence-electron chi connectivity index (χ0n) is 13.3. The molecule has 0 radical (unpaired) electrons. The first-order chi connectivity index (χ1) is 12.3. The third-order valence-corrected chi connectivity index (χ3v) is 5.45. The normalized spacial score (nSPS) is 11.4. The molecule has 0 amide bonds. The van der Waals surface area contributed by atoms with Crippen molar-refractivity contribution in [1.82, 2.24) is 9.97 Å². The molecule has 25 heavy (non-hydrogen) atoms. The molecule has 0 spiro atoms.